The third kappa shape index (κ3) is 2.33. The second kappa shape index (κ2) is 4.73. The van der Waals surface area contributed by atoms with Gasteiger partial charge in [-0.05, 0) is 0 Å². The fourth-order valence-corrected chi connectivity index (χ4v) is 2.53. The van der Waals surface area contributed by atoms with Gasteiger partial charge in [-0.15, -0.1) is 0 Å². The van der Waals surface area contributed by atoms with E-state index in [4.69, 9.17) is 15.2 Å². The Labute approximate surface area is 109 Å². The number of rotatable bonds is 2. The summed E-state index contributed by atoms with van der Waals surface area (Å²) in [5, 5.41) is 21.8. The zero-order valence-electron chi connectivity index (χ0n) is 10.2. The van der Waals surface area contributed by atoms with Crippen LogP contribution in [0.4, 0.5) is 0 Å². The molecule has 2 saturated heterocycles. The number of nitrogens with zero attached hydrogens (tertiary/aromatic N) is 1. The third-order valence-electron chi connectivity index (χ3n) is 3.63. The summed E-state index contributed by atoms with van der Waals surface area (Å²) in [6, 6.07) is 0. The Morgan fingerprint density at radius 2 is 2.32 bits per heavy atom. The van der Waals surface area contributed by atoms with Crippen molar-refractivity contribution < 1.29 is 24.5 Å². The molecule has 0 aromatic carbocycles. The minimum atomic E-state index is -0.848. The predicted molar refractivity (Wildman–Crippen MR) is 62.1 cm³/mol. The van der Waals surface area contributed by atoms with Crippen LogP contribution >= 0.6 is 0 Å². The van der Waals surface area contributed by atoms with Crippen molar-refractivity contribution in [3.05, 3.63) is 12.3 Å². The van der Waals surface area contributed by atoms with Crippen LogP contribution in [0.25, 0.3) is 0 Å². The second-order valence-electron chi connectivity index (χ2n) is 4.89. The lowest BCUT2D eigenvalue weighted by Gasteiger charge is -2.38. The van der Waals surface area contributed by atoms with E-state index in [1.807, 2.05) is 0 Å². The highest BCUT2D eigenvalue weighted by Crippen LogP contribution is 2.37. The first-order valence-corrected chi connectivity index (χ1v) is 6.21. The molecule has 0 spiro atoms. The minimum Gasteiger partial charge on any atom is -0.394 e. The molecule has 0 saturated carbocycles. The van der Waals surface area contributed by atoms with Crippen LogP contribution in [-0.2, 0) is 14.3 Å². The number of aliphatic hydroxyl groups is 2. The molecular formula is C11H17N3O5. The van der Waals surface area contributed by atoms with Crippen molar-refractivity contribution in [1.29, 1.82) is 0 Å². The molecule has 3 aliphatic rings. The Hall–Kier alpha value is -1.19. The van der Waals surface area contributed by atoms with Gasteiger partial charge in [-0.1, -0.05) is 0 Å². The number of ether oxygens (including phenoxy) is 2. The van der Waals surface area contributed by atoms with Crippen LogP contribution in [0.1, 0.15) is 6.42 Å². The maximum Gasteiger partial charge on any atom is 0.248 e. The molecule has 6 atom stereocenters. The van der Waals surface area contributed by atoms with E-state index in [0.717, 1.165) is 0 Å². The highest BCUT2D eigenvalue weighted by atomic mass is 16.6. The average Bonchev–Trinajstić information content (AvgIpc) is 3.13. The Kier molecular flexibility index (Phi) is 3.19. The summed E-state index contributed by atoms with van der Waals surface area (Å²) in [5.74, 6) is -0.267. The van der Waals surface area contributed by atoms with Crippen molar-refractivity contribution in [2.75, 3.05) is 6.61 Å². The van der Waals surface area contributed by atoms with Crippen molar-refractivity contribution in [2.24, 2.45) is 5.73 Å². The van der Waals surface area contributed by atoms with E-state index in [9.17, 15) is 15.0 Å². The van der Waals surface area contributed by atoms with Crippen molar-refractivity contribution in [1.82, 2.24) is 10.2 Å². The second-order valence-corrected chi connectivity index (χ2v) is 4.89. The van der Waals surface area contributed by atoms with E-state index in [1.54, 1.807) is 11.1 Å². The molecule has 19 heavy (non-hydrogen) atoms. The molecule has 2 fully saturated rings. The molecule has 8 nitrogen and oxygen atoms in total. The lowest BCUT2D eigenvalue weighted by Crippen LogP contribution is -2.58. The van der Waals surface area contributed by atoms with E-state index >= 15 is 0 Å². The molecule has 0 radical (unpaired) electrons. The van der Waals surface area contributed by atoms with Gasteiger partial charge in [0, 0.05) is 18.7 Å². The first-order chi connectivity index (χ1) is 9.10. The van der Waals surface area contributed by atoms with E-state index in [0.29, 0.717) is 6.42 Å². The first-order valence-electron chi connectivity index (χ1n) is 6.21. The van der Waals surface area contributed by atoms with Crippen LogP contribution < -0.4 is 11.1 Å². The van der Waals surface area contributed by atoms with Crippen molar-refractivity contribution in [3.63, 3.8) is 0 Å². The zero-order chi connectivity index (χ0) is 13.6. The number of nitrogens with two attached hydrogens (primary N) is 1. The highest BCUT2D eigenvalue weighted by molar-refractivity contribution is 5.88. The SMILES string of the molecule is NC1NC(=O)C=CN1C1C[C@H]2O[C@H]2[C@H](O)[C@@H](CO)O1. The van der Waals surface area contributed by atoms with E-state index in [-0.39, 0.29) is 24.7 Å². The van der Waals surface area contributed by atoms with Crippen LogP contribution in [-0.4, -0.2) is 64.6 Å². The average molecular weight is 271 g/mol. The summed E-state index contributed by atoms with van der Waals surface area (Å²) in [6.07, 6.45) is 0.305. The third-order valence-corrected chi connectivity index (χ3v) is 3.63. The van der Waals surface area contributed by atoms with Crippen LogP contribution in [0.2, 0.25) is 0 Å². The summed E-state index contributed by atoms with van der Waals surface area (Å²) in [4.78, 5) is 12.8. The molecule has 0 aromatic rings. The fourth-order valence-electron chi connectivity index (χ4n) is 2.53. The number of hydrogen-bond acceptors (Lipinski definition) is 7. The monoisotopic (exact) mass is 271 g/mol. The summed E-state index contributed by atoms with van der Waals surface area (Å²) >= 11 is 0. The van der Waals surface area contributed by atoms with Crippen LogP contribution in [0.15, 0.2) is 12.3 Å². The van der Waals surface area contributed by atoms with Gasteiger partial charge in [0.2, 0.25) is 5.91 Å². The number of amides is 1. The van der Waals surface area contributed by atoms with Gasteiger partial charge < -0.3 is 29.9 Å². The predicted octanol–water partition coefficient (Wildman–Crippen LogP) is -2.59. The molecule has 0 aromatic heterocycles. The Morgan fingerprint density at radius 3 is 3.00 bits per heavy atom. The zero-order valence-corrected chi connectivity index (χ0v) is 10.2. The minimum absolute atomic E-state index is 0.102. The maximum atomic E-state index is 11.2. The van der Waals surface area contributed by atoms with E-state index in [1.165, 1.54) is 6.08 Å². The summed E-state index contributed by atoms with van der Waals surface area (Å²) in [6.45, 7) is -0.302. The van der Waals surface area contributed by atoms with Gasteiger partial charge in [-0.2, -0.15) is 0 Å². The molecule has 8 heteroatoms. The summed E-state index contributed by atoms with van der Waals surface area (Å²) < 4.78 is 11.0. The largest absolute Gasteiger partial charge is 0.394 e. The summed E-state index contributed by atoms with van der Waals surface area (Å²) in [7, 11) is 0. The molecule has 106 valence electrons. The lowest BCUT2D eigenvalue weighted by molar-refractivity contribution is -0.154. The van der Waals surface area contributed by atoms with Gasteiger partial charge in [0.1, 0.15) is 24.5 Å². The molecule has 5 N–H and O–H groups in total. The molecule has 3 heterocycles. The van der Waals surface area contributed by atoms with Gasteiger partial charge in [-0.25, -0.2) is 0 Å². The van der Waals surface area contributed by atoms with E-state index < -0.39 is 24.7 Å². The van der Waals surface area contributed by atoms with Gasteiger partial charge in [0.25, 0.3) is 0 Å². The standard InChI is InChI=1S/C11H17N3O5/c12-11-13-7(16)1-2-14(11)8-3-5-10(19-5)9(17)6(4-15)18-8/h1-2,5-6,8-11,15,17H,3-4,12H2,(H,13,16)/t5-,6-,8?,9-,10-,11?/m1/s1. The Bertz CT molecular complexity index is 404. The highest BCUT2D eigenvalue weighted by Gasteiger charge is 2.52. The van der Waals surface area contributed by atoms with Gasteiger partial charge >= 0.3 is 0 Å². The first kappa shape index (κ1) is 12.8. The molecule has 0 bridgehead atoms. The topological polar surface area (TPSA) is 121 Å². The molecule has 0 aliphatic carbocycles. The molecule has 1 amide bonds. The fraction of sp³-hybridized carbons (Fsp3) is 0.727. The quantitative estimate of drug-likeness (QED) is 0.407. The molecule has 3 rings (SSSR count). The van der Waals surface area contributed by atoms with Crippen molar-refractivity contribution in [2.45, 2.75) is 43.4 Å². The van der Waals surface area contributed by atoms with E-state index in [2.05, 4.69) is 5.32 Å². The van der Waals surface area contributed by atoms with Crippen molar-refractivity contribution >= 4 is 5.91 Å². The molecule has 2 unspecified atom stereocenters. The molecular weight excluding hydrogens is 254 g/mol. The maximum absolute atomic E-state index is 11.2. The van der Waals surface area contributed by atoms with Crippen molar-refractivity contribution in [3.8, 4) is 0 Å². The number of nitrogens with one attached hydrogen (secondary N) is 1. The Morgan fingerprint density at radius 1 is 1.53 bits per heavy atom. The number of hydrogen-bond donors (Lipinski definition) is 4. The number of fused-ring (bicyclic) bond motifs is 1. The number of aliphatic hydroxyl groups excluding tert-OH is 2. The Balaban J connectivity index is 1.76. The normalized spacial score (nSPS) is 45.4. The number of carbonyl (C=O) groups is 1. The van der Waals surface area contributed by atoms with Crippen LogP contribution in [0.3, 0.4) is 0 Å². The lowest BCUT2D eigenvalue weighted by atomic mass is 10.1. The van der Waals surface area contributed by atoms with Gasteiger partial charge in [-0.3, -0.25) is 10.5 Å². The van der Waals surface area contributed by atoms with Crippen LogP contribution in [0, 0.1) is 0 Å². The molecule has 3 aliphatic heterocycles. The van der Waals surface area contributed by atoms with Gasteiger partial charge in [0.15, 0.2) is 6.29 Å². The summed E-state index contributed by atoms with van der Waals surface area (Å²) in [5.41, 5.74) is 5.83. The number of epoxide rings is 1. The van der Waals surface area contributed by atoms with Crippen LogP contribution in [0.5, 0.6) is 0 Å². The van der Waals surface area contributed by atoms with Gasteiger partial charge in [0.05, 0.1) is 12.7 Å². The smallest absolute Gasteiger partial charge is 0.248 e. The number of carbonyl (C=O) groups excluding carboxylic acids is 1.